The van der Waals surface area contributed by atoms with E-state index in [4.69, 9.17) is 14.7 Å². The molecule has 7 nitrogen and oxygen atoms in total. The molecule has 0 N–H and O–H groups in total. The van der Waals surface area contributed by atoms with Crippen LogP contribution in [0.25, 0.3) is 0 Å². The highest BCUT2D eigenvalue weighted by atomic mass is 16.5. The molecule has 144 valence electrons. The molecule has 4 rings (SSSR count). The third-order valence-electron chi connectivity index (χ3n) is 5.32. The number of fused-ring (bicyclic) bond motifs is 1. The first kappa shape index (κ1) is 18.1. The molecule has 0 aliphatic carbocycles. The number of aromatic nitrogens is 1. The van der Waals surface area contributed by atoms with Gasteiger partial charge in [0.25, 0.3) is 0 Å². The van der Waals surface area contributed by atoms with Crippen molar-refractivity contribution in [1.29, 1.82) is 5.26 Å². The molecule has 0 bridgehead atoms. The number of benzene rings is 1. The van der Waals surface area contributed by atoms with Crippen LogP contribution >= 0.6 is 0 Å². The number of ether oxygens (including phenoxy) is 2. The van der Waals surface area contributed by atoms with Gasteiger partial charge in [0.1, 0.15) is 30.0 Å². The van der Waals surface area contributed by atoms with Gasteiger partial charge in [-0.05, 0) is 30.2 Å². The number of pyridine rings is 1. The second-order valence-electron chi connectivity index (χ2n) is 7.01. The Kier molecular flexibility index (Phi) is 5.02. The fourth-order valence-electron chi connectivity index (χ4n) is 3.69. The van der Waals surface area contributed by atoms with Crippen LogP contribution in [0.2, 0.25) is 0 Å². The molecule has 0 saturated carbocycles. The van der Waals surface area contributed by atoms with Crippen LogP contribution in [0.4, 0.5) is 5.82 Å². The first-order chi connectivity index (χ1) is 13.7. The van der Waals surface area contributed by atoms with Crippen molar-refractivity contribution in [3.8, 4) is 17.6 Å². The lowest BCUT2D eigenvalue weighted by molar-refractivity contribution is -0.137. The molecule has 28 heavy (non-hydrogen) atoms. The number of piperazine rings is 1. The van der Waals surface area contributed by atoms with Gasteiger partial charge in [-0.15, -0.1) is 0 Å². The number of anilines is 1. The summed E-state index contributed by atoms with van der Waals surface area (Å²) >= 11 is 0. The number of nitrogens with zero attached hydrogens (tertiary/aromatic N) is 4. The predicted molar refractivity (Wildman–Crippen MR) is 103 cm³/mol. The van der Waals surface area contributed by atoms with E-state index in [0.29, 0.717) is 31.7 Å². The highest BCUT2D eigenvalue weighted by Crippen LogP contribution is 2.31. The zero-order valence-electron chi connectivity index (χ0n) is 15.8. The lowest BCUT2D eigenvalue weighted by Crippen LogP contribution is -2.51. The van der Waals surface area contributed by atoms with E-state index in [-0.39, 0.29) is 11.8 Å². The van der Waals surface area contributed by atoms with Gasteiger partial charge in [0.05, 0.1) is 18.6 Å². The molecule has 7 heteroatoms. The quantitative estimate of drug-likeness (QED) is 0.811. The molecule has 2 aromatic rings. The topological polar surface area (TPSA) is 78.7 Å². The number of hydrogen-bond acceptors (Lipinski definition) is 6. The minimum Gasteiger partial charge on any atom is -0.497 e. The molecule has 2 aliphatic heterocycles. The van der Waals surface area contributed by atoms with E-state index in [0.717, 1.165) is 36.0 Å². The number of carbonyl (C=O) groups is 1. The highest BCUT2D eigenvalue weighted by Gasteiger charge is 2.31. The van der Waals surface area contributed by atoms with Gasteiger partial charge in [-0.1, -0.05) is 6.07 Å². The standard InChI is InChI=1S/C21H22N4O3/c1-27-18-4-3-16-10-17(14-28-19(16)11-18)21(26)25-8-6-24(7-9-25)20-5-2-15(12-22)13-23-20/h2-5,11,13,17H,6-10,14H2,1H3/t17-/m0/s1. The highest BCUT2D eigenvalue weighted by molar-refractivity contribution is 5.80. The molecule has 1 atom stereocenters. The third-order valence-corrected chi connectivity index (χ3v) is 5.32. The van der Waals surface area contributed by atoms with Crippen molar-refractivity contribution < 1.29 is 14.3 Å². The van der Waals surface area contributed by atoms with E-state index in [1.807, 2.05) is 29.2 Å². The maximum absolute atomic E-state index is 13.0. The molecule has 0 unspecified atom stereocenters. The molecule has 1 amide bonds. The van der Waals surface area contributed by atoms with E-state index in [1.54, 1.807) is 19.4 Å². The molecule has 3 heterocycles. The molecule has 2 aliphatic rings. The van der Waals surface area contributed by atoms with E-state index >= 15 is 0 Å². The number of nitriles is 1. The lowest BCUT2D eigenvalue weighted by atomic mass is 9.95. The van der Waals surface area contributed by atoms with E-state index < -0.39 is 0 Å². The summed E-state index contributed by atoms with van der Waals surface area (Å²) in [7, 11) is 1.63. The van der Waals surface area contributed by atoms with Gasteiger partial charge < -0.3 is 19.3 Å². The van der Waals surface area contributed by atoms with Gasteiger partial charge in [-0.3, -0.25) is 4.79 Å². The summed E-state index contributed by atoms with van der Waals surface area (Å²) in [4.78, 5) is 21.4. The number of amides is 1. The van der Waals surface area contributed by atoms with Crippen molar-refractivity contribution in [2.75, 3.05) is 44.8 Å². The minimum atomic E-state index is -0.152. The Labute approximate surface area is 164 Å². The Morgan fingerprint density at radius 1 is 1.25 bits per heavy atom. The average molecular weight is 378 g/mol. The van der Waals surface area contributed by atoms with E-state index in [2.05, 4.69) is 16.0 Å². The van der Waals surface area contributed by atoms with Gasteiger partial charge in [0.15, 0.2) is 0 Å². The number of methoxy groups -OCH3 is 1. The van der Waals surface area contributed by atoms with Crippen molar-refractivity contribution in [3.63, 3.8) is 0 Å². The maximum Gasteiger partial charge on any atom is 0.229 e. The smallest absolute Gasteiger partial charge is 0.229 e. The van der Waals surface area contributed by atoms with Gasteiger partial charge in [-0.2, -0.15) is 5.26 Å². The number of hydrogen-bond donors (Lipinski definition) is 0. The summed E-state index contributed by atoms with van der Waals surface area (Å²) in [5.74, 6) is 2.40. The Hall–Kier alpha value is -3.27. The Balaban J connectivity index is 1.35. The molecule has 1 saturated heterocycles. The monoisotopic (exact) mass is 378 g/mol. The van der Waals surface area contributed by atoms with Crippen molar-refractivity contribution in [2.24, 2.45) is 5.92 Å². The van der Waals surface area contributed by atoms with Crippen molar-refractivity contribution in [1.82, 2.24) is 9.88 Å². The zero-order chi connectivity index (χ0) is 19.5. The average Bonchev–Trinajstić information content (AvgIpc) is 2.78. The second-order valence-corrected chi connectivity index (χ2v) is 7.01. The normalized spacial score (nSPS) is 18.6. The van der Waals surface area contributed by atoms with Crippen molar-refractivity contribution >= 4 is 11.7 Å². The first-order valence-corrected chi connectivity index (χ1v) is 9.37. The van der Waals surface area contributed by atoms with E-state index in [9.17, 15) is 4.79 Å². The van der Waals surface area contributed by atoms with Crippen LogP contribution in [0.15, 0.2) is 36.5 Å². The Morgan fingerprint density at radius 2 is 2.07 bits per heavy atom. The molecule has 0 radical (unpaired) electrons. The molecular weight excluding hydrogens is 356 g/mol. The summed E-state index contributed by atoms with van der Waals surface area (Å²) < 4.78 is 11.1. The summed E-state index contributed by atoms with van der Waals surface area (Å²) in [6.45, 7) is 3.17. The van der Waals surface area contributed by atoms with Crippen molar-refractivity contribution in [2.45, 2.75) is 6.42 Å². The summed E-state index contributed by atoms with van der Waals surface area (Å²) in [5.41, 5.74) is 1.60. The van der Waals surface area contributed by atoms with Crippen LogP contribution in [-0.4, -0.2) is 55.7 Å². The molecule has 1 fully saturated rings. The van der Waals surface area contributed by atoms with Crippen LogP contribution in [0.1, 0.15) is 11.1 Å². The molecule has 0 spiro atoms. The van der Waals surface area contributed by atoms with Crippen molar-refractivity contribution in [3.05, 3.63) is 47.7 Å². The minimum absolute atomic E-state index is 0.147. The molecule has 1 aromatic carbocycles. The van der Waals surface area contributed by atoms with Gasteiger partial charge >= 0.3 is 0 Å². The SMILES string of the molecule is COc1ccc2c(c1)OC[C@@H](C(=O)N1CCN(c3ccc(C#N)cn3)CC1)C2. The summed E-state index contributed by atoms with van der Waals surface area (Å²) in [6, 6.07) is 11.5. The Morgan fingerprint density at radius 3 is 2.75 bits per heavy atom. The molecule has 1 aromatic heterocycles. The zero-order valence-corrected chi connectivity index (χ0v) is 15.8. The Bertz CT molecular complexity index is 899. The van der Waals surface area contributed by atoms with Crippen LogP contribution in [0.3, 0.4) is 0 Å². The first-order valence-electron chi connectivity index (χ1n) is 9.37. The largest absolute Gasteiger partial charge is 0.497 e. The maximum atomic E-state index is 13.0. The summed E-state index contributed by atoms with van der Waals surface area (Å²) in [6.07, 6.45) is 2.27. The third kappa shape index (κ3) is 3.58. The van der Waals surface area contributed by atoms with Crippen LogP contribution in [0, 0.1) is 17.2 Å². The van der Waals surface area contributed by atoms with Crippen LogP contribution in [0.5, 0.6) is 11.5 Å². The number of rotatable bonds is 3. The predicted octanol–water partition coefficient (Wildman–Crippen LogP) is 1.86. The van der Waals surface area contributed by atoms with Crippen LogP contribution < -0.4 is 14.4 Å². The number of carbonyl (C=O) groups excluding carboxylic acids is 1. The van der Waals surface area contributed by atoms with Crippen LogP contribution in [-0.2, 0) is 11.2 Å². The molecular formula is C21H22N4O3. The fourth-order valence-corrected chi connectivity index (χ4v) is 3.69. The van der Waals surface area contributed by atoms with E-state index in [1.165, 1.54) is 0 Å². The van der Waals surface area contributed by atoms with Gasteiger partial charge in [0, 0.05) is 38.4 Å². The second kappa shape index (κ2) is 7.77. The summed E-state index contributed by atoms with van der Waals surface area (Å²) in [5, 5.41) is 8.88. The van der Waals surface area contributed by atoms with Gasteiger partial charge in [-0.25, -0.2) is 4.98 Å². The van der Waals surface area contributed by atoms with Gasteiger partial charge in [0.2, 0.25) is 5.91 Å². The lowest BCUT2D eigenvalue weighted by Gasteiger charge is -2.37. The fraction of sp³-hybridized carbons (Fsp3) is 0.381.